The zero-order valence-corrected chi connectivity index (χ0v) is 15.3. The number of hydrogen-bond donors (Lipinski definition) is 3. The van der Waals surface area contributed by atoms with Crippen LogP contribution in [0.2, 0.25) is 0 Å². The molecule has 0 bridgehead atoms. The SMILES string of the molecule is COc1ccc(NC(=O)c2cccc(NC(=O)NC(C)C)c2)cc1OC. The number of urea groups is 1. The van der Waals surface area contributed by atoms with Gasteiger partial charge in [0.15, 0.2) is 11.5 Å². The number of hydrogen-bond acceptors (Lipinski definition) is 4. The molecule has 0 heterocycles. The molecule has 3 amide bonds. The van der Waals surface area contributed by atoms with Crippen LogP contribution >= 0.6 is 0 Å². The molecule has 0 saturated heterocycles. The first-order chi connectivity index (χ1) is 12.4. The first-order valence-electron chi connectivity index (χ1n) is 8.14. The van der Waals surface area contributed by atoms with E-state index in [1.165, 1.54) is 7.11 Å². The highest BCUT2D eigenvalue weighted by atomic mass is 16.5. The second kappa shape index (κ2) is 8.75. The van der Waals surface area contributed by atoms with Gasteiger partial charge in [-0.1, -0.05) is 6.07 Å². The first kappa shape index (κ1) is 19.1. The zero-order valence-electron chi connectivity index (χ0n) is 15.3. The van der Waals surface area contributed by atoms with Gasteiger partial charge >= 0.3 is 6.03 Å². The molecule has 0 aliphatic heterocycles. The van der Waals surface area contributed by atoms with Gasteiger partial charge in [-0.15, -0.1) is 0 Å². The number of nitrogens with one attached hydrogen (secondary N) is 3. The molecule has 138 valence electrons. The fourth-order valence-corrected chi connectivity index (χ4v) is 2.28. The summed E-state index contributed by atoms with van der Waals surface area (Å²) >= 11 is 0. The maximum atomic E-state index is 12.5. The van der Waals surface area contributed by atoms with Gasteiger partial charge in [0.25, 0.3) is 5.91 Å². The molecule has 2 aromatic carbocycles. The van der Waals surface area contributed by atoms with Crippen LogP contribution < -0.4 is 25.4 Å². The van der Waals surface area contributed by atoms with Crippen LogP contribution in [-0.2, 0) is 0 Å². The molecule has 7 nitrogen and oxygen atoms in total. The van der Waals surface area contributed by atoms with Crippen molar-refractivity contribution in [3.63, 3.8) is 0 Å². The molecule has 0 atom stereocenters. The molecular formula is C19H23N3O4. The molecule has 0 radical (unpaired) electrons. The van der Waals surface area contributed by atoms with Gasteiger partial charge in [-0.2, -0.15) is 0 Å². The number of rotatable bonds is 6. The highest BCUT2D eigenvalue weighted by Gasteiger charge is 2.11. The number of ether oxygens (including phenoxy) is 2. The Morgan fingerprint density at radius 3 is 2.23 bits per heavy atom. The van der Waals surface area contributed by atoms with E-state index in [0.717, 1.165) is 0 Å². The van der Waals surface area contributed by atoms with Crippen LogP contribution in [0.25, 0.3) is 0 Å². The molecule has 0 aromatic heterocycles. The van der Waals surface area contributed by atoms with Crippen LogP contribution in [0.3, 0.4) is 0 Å². The van der Waals surface area contributed by atoms with Gasteiger partial charge in [-0.3, -0.25) is 4.79 Å². The third kappa shape index (κ3) is 5.14. The summed E-state index contributed by atoms with van der Waals surface area (Å²) < 4.78 is 10.4. The fraction of sp³-hybridized carbons (Fsp3) is 0.263. The predicted molar refractivity (Wildman–Crippen MR) is 101 cm³/mol. The van der Waals surface area contributed by atoms with Gasteiger partial charge in [0.2, 0.25) is 0 Å². The van der Waals surface area contributed by atoms with E-state index < -0.39 is 0 Å². The monoisotopic (exact) mass is 357 g/mol. The van der Waals surface area contributed by atoms with E-state index in [2.05, 4.69) is 16.0 Å². The summed E-state index contributed by atoms with van der Waals surface area (Å²) in [5.74, 6) is 0.795. The number of methoxy groups -OCH3 is 2. The normalized spacial score (nSPS) is 10.2. The second-order valence-corrected chi connectivity index (χ2v) is 5.86. The van der Waals surface area contributed by atoms with E-state index in [-0.39, 0.29) is 18.0 Å². The summed E-state index contributed by atoms with van der Waals surface area (Å²) in [5, 5.41) is 8.22. The summed E-state index contributed by atoms with van der Waals surface area (Å²) in [6.45, 7) is 3.74. The van der Waals surface area contributed by atoms with Gasteiger partial charge in [0, 0.05) is 29.0 Å². The molecule has 0 aliphatic carbocycles. The van der Waals surface area contributed by atoms with E-state index in [9.17, 15) is 9.59 Å². The van der Waals surface area contributed by atoms with Crippen LogP contribution in [0, 0.1) is 0 Å². The Balaban J connectivity index is 2.10. The van der Waals surface area contributed by atoms with Crippen LogP contribution in [0.15, 0.2) is 42.5 Å². The van der Waals surface area contributed by atoms with Crippen molar-refractivity contribution in [2.75, 3.05) is 24.9 Å². The zero-order chi connectivity index (χ0) is 19.1. The molecule has 0 saturated carbocycles. The maximum Gasteiger partial charge on any atom is 0.319 e. The minimum absolute atomic E-state index is 0.0199. The summed E-state index contributed by atoms with van der Waals surface area (Å²) in [5.41, 5.74) is 1.52. The molecule has 3 N–H and O–H groups in total. The van der Waals surface area contributed by atoms with E-state index in [1.54, 1.807) is 49.6 Å². The Labute approximate surface area is 152 Å². The number of carbonyl (C=O) groups excluding carboxylic acids is 2. The van der Waals surface area contributed by atoms with Gasteiger partial charge in [0.05, 0.1) is 14.2 Å². The third-order valence-corrected chi connectivity index (χ3v) is 3.44. The number of carbonyl (C=O) groups is 2. The molecule has 0 spiro atoms. The first-order valence-corrected chi connectivity index (χ1v) is 8.14. The van der Waals surface area contributed by atoms with Crippen molar-refractivity contribution in [2.24, 2.45) is 0 Å². The van der Waals surface area contributed by atoms with Crippen molar-refractivity contribution in [3.05, 3.63) is 48.0 Å². The topological polar surface area (TPSA) is 88.7 Å². The summed E-state index contributed by atoms with van der Waals surface area (Å²) in [7, 11) is 3.07. The van der Waals surface area contributed by atoms with Crippen molar-refractivity contribution in [1.29, 1.82) is 0 Å². The number of amides is 3. The Hall–Kier alpha value is -3.22. The van der Waals surface area contributed by atoms with Crippen LogP contribution in [0.1, 0.15) is 24.2 Å². The van der Waals surface area contributed by atoms with Crippen LogP contribution in [0.4, 0.5) is 16.2 Å². The summed E-state index contributed by atoms with van der Waals surface area (Å²) in [6.07, 6.45) is 0. The average molecular weight is 357 g/mol. The summed E-state index contributed by atoms with van der Waals surface area (Å²) in [4.78, 5) is 24.2. The minimum Gasteiger partial charge on any atom is -0.493 e. The highest BCUT2D eigenvalue weighted by molar-refractivity contribution is 6.05. The van der Waals surface area contributed by atoms with E-state index in [0.29, 0.717) is 28.4 Å². The molecule has 0 unspecified atom stereocenters. The van der Waals surface area contributed by atoms with Crippen molar-refractivity contribution in [2.45, 2.75) is 19.9 Å². The lowest BCUT2D eigenvalue weighted by atomic mass is 10.1. The smallest absolute Gasteiger partial charge is 0.319 e. The molecule has 0 fully saturated rings. The molecule has 7 heteroatoms. The minimum atomic E-state index is -0.322. The second-order valence-electron chi connectivity index (χ2n) is 5.86. The number of benzene rings is 2. The van der Waals surface area contributed by atoms with Gasteiger partial charge in [-0.05, 0) is 44.2 Å². The van der Waals surface area contributed by atoms with Crippen molar-refractivity contribution in [1.82, 2.24) is 5.32 Å². The van der Waals surface area contributed by atoms with Gasteiger partial charge in [-0.25, -0.2) is 4.79 Å². The van der Waals surface area contributed by atoms with E-state index in [1.807, 2.05) is 13.8 Å². The van der Waals surface area contributed by atoms with Crippen molar-refractivity contribution < 1.29 is 19.1 Å². The average Bonchev–Trinajstić information content (AvgIpc) is 2.61. The molecule has 2 aromatic rings. The Morgan fingerprint density at radius 1 is 0.885 bits per heavy atom. The summed E-state index contributed by atoms with van der Waals surface area (Å²) in [6, 6.07) is 11.5. The van der Waals surface area contributed by atoms with E-state index >= 15 is 0 Å². The third-order valence-electron chi connectivity index (χ3n) is 3.44. The molecular weight excluding hydrogens is 334 g/mol. The fourth-order valence-electron chi connectivity index (χ4n) is 2.28. The van der Waals surface area contributed by atoms with Crippen molar-refractivity contribution in [3.8, 4) is 11.5 Å². The Morgan fingerprint density at radius 2 is 1.58 bits per heavy atom. The van der Waals surface area contributed by atoms with Crippen molar-refractivity contribution >= 4 is 23.3 Å². The lowest BCUT2D eigenvalue weighted by Crippen LogP contribution is -2.34. The highest BCUT2D eigenvalue weighted by Crippen LogP contribution is 2.30. The predicted octanol–water partition coefficient (Wildman–Crippen LogP) is 3.49. The van der Waals surface area contributed by atoms with Gasteiger partial charge < -0.3 is 25.4 Å². The Bertz CT molecular complexity index is 790. The molecule has 2 rings (SSSR count). The lowest BCUT2D eigenvalue weighted by molar-refractivity contribution is 0.102. The maximum absolute atomic E-state index is 12.5. The standard InChI is InChI=1S/C19H23N3O4/c1-12(2)20-19(24)22-14-7-5-6-13(10-14)18(23)21-15-8-9-16(25-3)17(11-15)26-4/h5-12H,1-4H3,(H,21,23)(H2,20,22,24). The van der Waals surface area contributed by atoms with Gasteiger partial charge in [0.1, 0.15) is 0 Å². The largest absolute Gasteiger partial charge is 0.493 e. The number of anilines is 2. The van der Waals surface area contributed by atoms with E-state index in [4.69, 9.17) is 9.47 Å². The quantitative estimate of drug-likeness (QED) is 0.738. The van der Waals surface area contributed by atoms with Crippen LogP contribution in [0.5, 0.6) is 11.5 Å². The Kier molecular flexibility index (Phi) is 6.43. The lowest BCUT2D eigenvalue weighted by Gasteiger charge is -2.12. The van der Waals surface area contributed by atoms with Crippen LogP contribution in [-0.4, -0.2) is 32.2 Å². The molecule has 26 heavy (non-hydrogen) atoms. The molecule has 0 aliphatic rings.